The minimum Gasteiger partial charge on any atom is -0.490 e. The zero-order valence-corrected chi connectivity index (χ0v) is 16.3. The summed E-state index contributed by atoms with van der Waals surface area (Å²) in [4.78, 5) is 11.5. The summed E-state index contributed by atoms with van der Waals surface area (Å²) in [6, 6.07) is 16.0. The van der Waals surface area contributed by atoms with Crippen LogP contribution in [0.5, 0.6) is 5.75 Å². The van der Waals surface area contributed by atoms with Crippen molar-refractivity contribution in [3.63, 3.8) is 0 Å². The first-order valence-corrected chi connectivity index (χ1v) is 9.54. The van der Waals surface area contributed by atoms with Crippen LogP contribution in [0, 0.1) is 0 Å². The fraction of sp³-hybridized carbons (Fsp3) is 0.316. The Bertz CT molecular complexity index is 682. The first-order valence-electron chi connectivity index (χ1n) is 8.04. The molecule has 0 aliphatic carbocycles. The highest BCUT2D eigenvalue weighted by molar-refractivity contribution is 9.09. The van der Waals surface area contributed by atoms with Crippen molar-refractivity contribution in [1.29, 1.82) is 0 Å². The summed E-state index contributed by atoms with van der Waals surface area (Å²) in [5, 5.41) is 3.79. The molecule has 0 aromatic heterocycles. The SMILES string of the molecule is CC(CBr)OC(=O)NCCOc1ccc(Cc2ccccc2)cc1Cl. The van der Waals surface area contributed by atoms with Crippen molar-refractivity contribution >= 4 is 33.6 Å². The van der Waals surface area contributed by atoms with Gasteiger partial charge >= 0.3 is 6.09 Å². The average molecular weight is 427 g/mol. The molecule has 1 atom stereocenters. The summed E-state index contributed by atoms with van der Waals surface area (Å²) in [6.07, 6.45) is 0.187. The number of hydrogen-bond acceptors (Lipinski definition) is 3. The van der Waals surface area contributed by atoms with Crippen LogP contribution >= 0.6 is 27.5 Å². The molecule has 134 valence electrons. The van der Waals surface area contributed by atoms with E-state index in [4.69, 9.17) is 21.1 Å². The topological polar surface area (TPSA) is 47.6 Å². The van der Waals surface area contributed by atoms with Crippen LogP contribution in [0.1, 0.15) is 18.1 Å². The van der Waals surface area contributed by atoms with E-state index in [-0.39, 0.29) is 6.10 Å². The van der Waals surface area contributed by atoms with E-state index >= 15 is 0 Å². The number of nitrogens with one attached hydrogen (secondary N) is 1. The zero-order valence-electron chi connectivity index (χ0n) is 14.0. The summed E-state index contributed by atoms with van der Waals surface area (Å²) in [5.74, 6) is 0.600. The van der Waals surface area contributed by atoms with Crippen molar-refractivity contribution < 1.29 is 14.3 Å². The lowest BCUT2D eigenvalue weighted by Crippen LogP contribution is -2.31. The molecule has 2 aromatic carbocycles. The van der Waals surface area contributed by atoms with E-state index in [0.717, 1.165) is 12.0 Å². The fourth-order valence-electron chi connectivity index (χ4n) is 2.17. The highest BCUT2D eigenvalue weighted by Crippen LogP contribution is 2.26. The zero-order chi connectivity index (χ0) is 18.1. The second kappa shape index (κ2) is 10.3. The Kier molecular flexibility index (Phi) is 8.09. The largest absolute Gasteiger partial charge is 0.490 e. The van der Waals surface area contributed by atoms with Crippen molar-refractivity contribution in [3.05, 3.63) is 64.7 Å². The van der Waals surface area contributed by atoms with Gasteiger partial charge < -0.3 is 14.8 Å². The Morgan fingerprint density at radius 2 is 1.96 bits per heavy atom. The predicted octanol–water partition coefficient (Wildman–Crippen LogP) is 4.82. The smallest absolute Gasteiger partial charge is 0.407 e. The number of halogens is 2. The van der Waals surface area contributed by atoms with Crippen LogP contribution in [0.15, 0.2) is 48.5 Å². The molecule has 0 fully saturated rings. The molecule has 0 aliphatic heterocycles. The molecule has 0 saturated heterocycles. The third-order valence-electron chi connectivity index (χ3n) is 3.40. The molecule has 0 spiro atoms. The fourth-order valence-corrected chi connectivity index (χ4v) is 2.56. The van der Waals surface area contributed by atoms with Crippen LogP contribution in [-0.4, -0.2) is 30.7 Å². The number of ether oxygens (including phenoxy) is 2. The van der Waals surface area contributed by atoms with Crippen LogP contribution in [0.3, 0.4) is 0 Å². The van der Waals surface area contributed by atoms with Gasteiger partial charge in [-0.15, -0.1) is 0 Å². The number of rotatable bonds is 8. The monoisotopic (exact) mass is 425 g/mol. The quantitative estimate of drug-likeness (QED) is 0.486. The highest BCUT2D eigenvalue weighted by Gasteiger charge is 2.08. The first kappa shape index (κ1) is 19.6. The molecule has 2 aromatic rings. The van der Waals surface area contributed by atoms with E-state index in [1.54, 1.807) is 0 Å². The Morgan fingerprint density at radius 1 is 1.20 bits per heavy atom. The normalized spacial score (nSPS) is 11.6. The second-order valence-electron chi connectivity index (χ2n) is 5.57. The van der Waals surface area contributed by atoms with Gasteiger partial charge in [0.2, 0.25) is 0 Å². The Hall–Kier alpha value is -1.72. The van der Waals surface area contributed by atoms with Crippen LogP contribution < -0.4 is 10.1 Å². The lowest BCUT2D eigenvalue weighted by atomic mass is 10.1. The number of benzene rings is 2. The van der Waals surface area contributed by atoms with Crippen LogP contribution in [-0.2, 0) is 11.2 Å². The van der Waals surface area contributed by atoms with Crippen LogP contribution in [0.25, 0.3) is 0 Å². The number of hydrogen-bond donors (Lipinski definition) is 1. The van der Waals surface area contributed by atoms with E-state index in [1.165, 1.54) is 5.56 Å². The molecule has 1 amide bonds. The van der Waals surface area contributed by atoms with Crippen molar-refractivity contribution in [2.24, 2.45) is 0 Å². The highest BCUT2D eigenvalue weighted by atomic mass is 79.9. The molecule has 1 unspecified atom stereocenters. The molecule has 0 aliphatic rings. The molecule has 0 saturated carbocycles. The number of alkyl carbamates (subject to hydrolysis) is 1. The van der Waals surface area contributed by atoms with Gasteiger partial charge in [-0.1, -0.05) is 63.9 Å². The van der Waals surface area contributed by atoms with Gasteiger partial charge in [-0.25, -0.2) is 4.79 Å². The predicted molar refractivity (Wildman–Crippen MR) is 104 cm³/mol. The van der Waals surface area contributed by atoms with Crippen molar-refractivity contribution in [3.8, 4) is 5.75 Å². The van der Waals surface area contributed by atoms with Gasteiger partial charge in [0.15, 0.2) is 0 Å². The van der Waals surface area contributed by atoms with E-state index < -0.39 is 6.09 Å². The Labute approximate surface area is 161 Å². The maximum atomic E-state index is 11.5. The maximum absolute atomic E-state index is 11.5. The Morgan fingerprint density at radius 3 is 2.64 bits per heavy atom. The van der Waals surface area contributed by atoms with Gasteiger partial charge in [0.25, 0.3) is 0 Å². The standard InChI is InChI=1S/C19H21BrClNO3/c1-14(13-20)25-19(23)22-9-10-24-18-8-7-16(12-17(18)21)11-15-5-3-2-4-6-15/h2-8,12,14H,9-11,13H2,1H3,(H,22,23). The third kappa shape index (κ3) is 6.96. The van der Waals surface area contributed by atoms with Crippen molar-refractivity contribution in [1.82, 2.24) is 5.32 Å². The van der Waals surface area contributed by atoms with Gasteiger partial charge in [0.05, 0.1) is 11.6 Å². The minimum atomic E-state index is -0.458. The molecule has 6 heteroatoms. The van der Waals surface area contributed by atoms with E-state index in [9.17, 15) is 4.79 Å². The van der Waals surface area contributed by atoms with Crippen molar-refractivity contribution in [2.75, 3.05) is 18.5 Å². The summed E-state index contributed by atoms with van der Waals surface area (Å²) in [7, 11) is 0. The average Bonchev–Trinajstić information content (AvgIpc) is 2.61. The van der Waals surface area contributed by atoms with E-state index in [2.05, 4.69) is 33.4 Å². The van der Waals surface area contributed by atoms with Gasteiger partial charge in [0, 0.05) is 5.33 Å². The molecule has 0 bridgehead atoms. The molecule has 25 heavy (non-hydrogen) atoms. The number of amides is 1. The molecular formula is C19H21BrClNO3. The van der Waals surface area contributed by atoms with Crippen LogP contribution in [0.2, 0.25) is 5.02 Å². The van der Waals surface area contributed by atoms with Crippen LogP contribution in [0.4, 0.5) is 4.79 Å². The van der Waals surface area contributed by atoms with Gasteiger partial charge in [0.1, 0.15) is 18.5 Å². The second-order valence-corrected chi connectivity index (χ2v) is 6.63. The van der Waals surface area contributed by atoms with Gasteiger partial charge in [-0.3, -0.25) is 0 Å². The molecule has 0 heterocycles. The lowest BCUT2D eigenvalue weighted by Gasteiger charge is -2.12. The Balaban J connectivity index is 1.78. The summed E-state index contributed by atoms with van der Waals surface area (Å²) >= 11 is 9.53. The number of carbonyl (C=O) groups excluding carboxylic acids is 1. The molecule has 0 radical (unpaired) electrons. The van der Waals surface area contributed by atoms with Crippen molar-refractivity contribution in [2.45, 2.75) is 19.4 Å². The minimum absolute atomic E-state index is 0.174. The summed E-state index contributed by atoms with van der Waals surface area (Å²) < 4.78 is 10.7. The van der Waals surface area contributed by atoms with Gasteiger partial charge in [-0.2, -0.15) is 0 Å². The lowest BCUT2D eigenvalue weighted by molar-refractivity contribution is 0.116. The molecular weight excluding hydrogens is 406 g/mol. The first-order chi connectivity index (χ1) is 12.1. The van der Waals surface area contributed by atoms with E-state index in [1.807, 2.05) is 43.3 Å². The number of alkyl halides is 1. The molecule has 4 nitrogen and oxygen atoms in total. The summed E-state index contributed by atoms with van der Waals surface area (Å²) in [5.41, 5.74) is 2.35. The third-order valence-corrected chi connectivity index (χ3v) is 4.61. The number of carbonyl (C=O) groups is 1. The van der Waals surface area contributed by atoms with E-state index in [0.29, 0.717) is 29.3 Å². The summed E-state index contributed by atoms with van der Waals surface area (Å²) in [6.45, 7) is 2.47. The molecule has 2 rings (SSSR count). The van der Waals surface area contributed by atoms with Gasteiger partial charge in [-0.05, 0) is 36.6 Å². The molecule has 1 N–H and O–H groups in total. The maximum Gasteiger partial charge on any atom is 0.407 e.